The third-order valence-electron chi connectivity index (χ3n) is 21.6. The van der Waals surface area contributed by atoms with Gasteiger partial charge in [-0.15, -0.1) is 0 Å². The van der Waals surface area contributed by atoms with Gasteiger partial charge in [0.1, 0.15) is 0 Å². The van der Waals surface area contributed by atoms with Crippen LogP contribution in [0.5, 0.6) is 0 Å². The largest absolute Gasteiger partial charge is 0.0622 e. The molecule has 0 fully saturated rings. The summed E-state index contributed by atoms with van der Waals surface area (Å²) in [4.78, 5) is 0. The van der Waals surface area contributed by atoms with E-state index in [4.69, 9.17) is 0 Å². The van der Waals surface area contributed by atoms with Gasteiger partial charge in [-0.05, 0) is 254 Å². The molecular formula is C94H76. The van der Waals surface area contributed by atoms with E-state index in [1.165, 1.54) is 208 Å². The molecular weight excluding hydrogens is 1130 g/mol. The molecule has 0 radical (unpaired) electrons. The molecule has 0 unspecified atom stereocenters. The standard InChI is InChI=1S/C94H76/c1-91(2,3)61-43-59(44-62(50-61)92(4,5)6)82-78-52-76-66-32-20-19-31-65(66)67-33-23-37-72(84(67)76)86(78)83(60-45-63(93(7,8)9)51-64(46-60)94(10,11)12)90-77-49-58-40-39-56(47-74(58)68-34-24-38-73(85(68)77)89(82)90)57-41-42-69-75(48-57)81(55-27-17-14-18-28-55)88-71-36-22-30-53-29-21-35-70(79(53)71)87(88)80(69)54-25-15-13-16-26-54/h13-52H,1-12H3. The summed E-state index contributed by atoms with van der Waals surface area (Å²) >= 11 is 0. The maximum atomic E-state index is 2.62. The zero-order valence-electron chi connectivity index (χ0n) is 56.1. The van der Waals surface area contributed by atoms with Crippen molar-refractivity contribution < 1.29 is 0 Å². The van der Waals surface area contributed by atoms with E-state index in [0.29, 0.717) is 0 Å². The summed E-state index contributed by atoms with van der Waals surface area (Å²) in [5.41, 5.74) is 22.9. The first-order chi connectivity index (χ1) is 45.2. The third-order valence-corrected chi connectivity index (χ3v) is 21.6. The van der Waals surface area contributed by atoms with E-state index >= 15 is 0 Å². The van der Waals surface area contributed by atoms with Gasteiger partial charge in [0.05, 0.1) is 0 Å². The van der Waals surface area contributed by atoms with E-state index in [-0.39, 0.29) is 21.7 Å². The van der Waals surface area contributed by atoms with E-state index in [1.807, 2.05) is 0 Å². The minimum absolute atomic E-state index is 0.0997. The highest BCUT2D eigenvalue weighted by Gasteiger charge is 2.34. The molecule has 0 saturated carbocycles. The van der Waals surface area contributed by atoms with E-state index in [1.54, 1.807) is 0 Å². The molecule has 1 aliphatic rings. The van der Waals surface area contributed by atoms with Crippen LogP contribution >= 0.6 is 0 Å². The van der Waals surface area contributed by atoms with Crippen molar-refractivity contribution >= 4 is 108 Å². The van der Waals surface area contributed by atoms with E-state index in [9.17, 15) is 0 Å². The Bertz CT molecular complexity index is 6010. The van der Waals surface area contributed by atoms with Gasteiger partial charge in [-0.3, -0.25) is 0 Å². The molecule has 0 heterocycles. The summed E-state index contributed by atoms with van der Waals surface area (Å²) < 4.78 is 0. The van der Waals surface area contributed by atoms with Gasteiger partial charge in [0.2, 0.25) is 0 Å². The average molecular weight is 1210 g/mol. The van der Waals surface area contributed by atoms with Crippen molar-refractivity contribution in [1.29, 1.82) is 0 Å². The Balaban J connectivity index is 0.988. The van der Waals surface area contributed by atoms with Crippen molar-refractivity contribution in [3.05, 3.63) is 265 Å². The van der Waals surface area contributed by atoms with Crippen LogP contribution in [0.2, 0.25) is 0 Å². The van der Waals surface area contributed by atoms with Gasteiger partial charge in [0, 0.05) is 0 Å². The molecule has 18 rings (SSSR count). The molecule has 0 nitrogen and oxygen atoms in total. The zero-order chi connectivity index (χ0) is 64.2. The molecule has 0 atom stereocenters. The lowest BCUT2D eigenvalue weighted by Crippen LogP contribution is -2.16. The van der Waals surface area contributed by atoms with Crippen LogP contribution in [0.4, 0.5) is 0 Å². The molecule has 0 saturated heterocycles. The molecule has 0 spiro atoms. The molecule has 0 aromatic heterocycles. The smallest absolute Gasteiger partial charge is 0.000697 e. The van der Waals surface area contributed by atoms with E-state index in [2.05, 4.69) is 326 Å². The molecule has 17 aromatic rings. The number of benzene rings is 15. The normalized spacial score (nSPS) is 13.1. The Labute approximate surface area is 551 Å². The van der Waals surface area contributed by atoms with Gasteiger partial charge in [-0.1, -0.05) is 301 Å². The van der Waals surface area contributed by atoms with Gasteiger partial charge in [0.15, 0.2) is 0 Å². The monoisotopic (exact) mass is 1200 g/mol. The van der Waals surface area contributed by atoms with E-state index in [0.717, 1.165) is 0 Å². The van der Waals surface area contributed by atoms with Gasteiger partial charge in [-0.2, -0.15) is 0 Å². The number of rotatable bonds is 5. The highest BCUT2D eigenvalue weighted by Crippen LogP contribution is 2.60. The van der Waals surface area contributed by atoms with Crippen molar-refractivity contribution in [2.75, 3.05) is 0 Å². The zero-order valence-corrected chi connectivity index (χ0v) is 56.1. The van der Waals surface area contributed by atoms with Crippen LogP contribution in [0.3, 0.4) is 0 Å². The molecule has 94 heavy (non-hydrogen) atoms. The Kier molecular flexibility index (Phi) is 11.9. The first-order valence-corrected chi connectivity index (χ1v) is 34.0. The predicted molar refractivity (Wildman–Crippen MR) is 410 cm³/mol. The minimum atomic E-state index is -0.103. The van der Waals surface area contributed by atoms with Crippen LogP contribution in [-0.4, -0.2) is 0 Å². The second-order valence-electron chi connectivity index (χ2n) is 31.5. The fraction of sp³-hybridized carbons (Fsp3) is 0.170. The summed E-state index contributed by atoms with van der Waals surface area (Å²) in [6.07, 6.45) is 0. The molecule has 0 N–H and O–H groups in total. The average Bonchev–Trinajstić information content (AvgIpc) is 1.49. The highest BCUT2D eigenvalue weighted by molar-refractivity contribution is 6.46. The number of fused-ring (bicyclic) bond motifs is 14. The van der Waals surface area contributed by atoms with Crippen molar-refractivity contribution in [2.45, 2.75) is 105 Å². The lowest BCUT2D eigenvalue weighted by molar-refractivity contribution is 0.568. The van der Waals surface area contributed by atoms with Crippen LogP contribution in [0, 0.1) is 0 Å². The third kappa shape index (κ3) is 8.24. The van der Waals surface area contributed by atoms with Crippen LogP contribution in [0.25, 0.3) is 186 Å². The SMILES string of the molecule is CC(C)(C)c1cc(-c2c3cc4c5ccccc5c5cccc(c3c(-c3cc(C(C)(C)C)cc(C(C)(C)C)c3)c3c6cc7ccc(-c8ccc9c(-c%10ccccc%10)c%10c(c(-c%11ccccc%11)c9c8)-c8cccc9cccc-%10c89)cc7c7cccc(c23)c76)c54)cc(C(C)(C)C)c1. The van der Waals surface area contributed by atoms with E-state index < -0.39 is 0 Å². The molecule has 0 heteroatoms. The summed E-state index contributed by atoms with van der Waals surface area (Å²) in [6.45, 7) is 28.6. The fourth-order valence-corrected chi connectivity index (χ4v) is 16.8. The lowest BCUT2D eigenvalue weighted by atomic mass is 9.76. The number of hydrogen-bond acceptors (Lipinski definition) is 0. The molecule has 0 bridgehead atoms. The molecule has 0 aliphatic heterocycles. The molecule has 1 aliphatic carbocycles. The van der Waals surface area contributed by atoms with Gasteiger partial charge >= 0.3 is 0 Å². The predicted octanol–water partition coefficient (Wildman–Crippen LogP) is 27.3. The summed E-state index contributed by atoms with van der Waals surface area (Å²) in [7, 11) is 0. The van der Waals surface area contributed by atoms with Crippen LogP contribution < -0.4 is 0 Å². The Morgan fingerprint density at radius 3 is 1.15 bits per heavy atom. The first-order valence-electron chi connectivity index (χ1n) is 34.0. The van der Waals surface area contributed by atoms with Crippen LogP contribution in [0.1, 0.15) is 105 Å². The van der Waals surface area contributed by atoms with Gasteiger partial charge < -0.3 is 0 Å². The molecule has 452 valence electrons. The summed E-state index contributed by atoms with van der Waals surface area (Å²) in [6, 6.07) is 94.7. The second-order valence-corrected chi connectivity index (χ2v) is 31.5. The maximum absolute atomic E-state index is 2.62. The fourth-order valence-electron chi connectivity index (χ4n) is 16.8. The lowest BCUT2D eigenvalue weighted by Gasteiger charge is -2.28. The molecule has 0 amide bonds. The topological polar surface area (TPSA) is 0 Å². The Morgan fingerprint density at radius 2 is 0.596 bits per heavy atom. The summed E-state index contributed by atoms with van der Waals surface area (Å²) in [5.74, 6) is 0. The van der Waals surface area contributed by atoms with Crippen molar-refractivity contribution in [3.63, 3.8) is 0 Å². The second kappa shape index (κ2) is 19.7. The van der Waals surface area contributed by atoms with Crippen molar-refractivity contribution in [2.24, 2.45) is 0 Å². The summed E-state index contributed by atoms with van der Waals surface area (Å²) in [5, 5.41) is 26.1. The Hall–Kier alpha value is -10.1. The van der Waals surface area contributed by atoms with Crippen LogP contribution in [0.15, 0.2) is 243 Å². The van der Waals surface area contributed by atoms with Crippen LogP contribution in [-0.2, 0) is 21.7 Å². The van der Waals surface area contributed by atoms with Gasteiger partial charge in [-0.25, -0.2) is 0 Å². The Morgan fingerprint density at radius 1 is 0.170 bits per heavy atom. The quantitative estimate of drug-likeness (QED) is 0.151. The maximum Gasteiger partial charge on any atom is -0.000697 e. The molecule has 17 aromatic carbocycles. The van der Waals surface area contributed by atoms with Gasteiger partial charge in [0.25, 0.3) is 0 Å². The minimum Gasteiger partial charge on any atom is -0.0622 e. The van der Waals surface area contributed by atoms with Crippen molar-refractivity contribution in [1.82, 2.24) is 0 Å². The first kappa shape index (κ1) is 56.6. The number of hydrogen-bond donors (Lipinski definition) is 0. The van der Waals surface area contributed by atoms with Crippen molar-refractivity contribution in [3.8, 4) is 77.9 Å². The highest BCUT2D eigenvalue weighted by atomic mass is 14.4.